The standard InChI is InChI=1S/C16H15ClN2O/c1-19-16(14(17)10-18-19)15(20)9-11-6-7-12-4-2-3-5-13(12)8-11/h2-8,10,15,20H,9H2,1H3. The highest BCUT2D eigenvalue weighted by molar-refractivity contribution is 6.31. The molecule has 0 amide bonds. The van der Waals surface area contributed by atoms with Gasteiger partial charge < -0.3 is 5.11 Å². The molecular formula is C16H15ClN2O. The maximum Gasteiger partial charge on any atom is 0.101 e. The van der Waals surface area contributed by atoms with E-state index in [9.17, 15) is 5.11 Å². The van der Waals surface area contributed by atoms with E-state index in [-0.39, 0.29) is 0 Å². The zero-order valence-corrected chi connectivity index (χ0v) is 11.9. The van der Waals surface area contributed by atoms with Gasteiger partial charge in [0.2, 0.25) is 0 Å². The minimum Gasteiger partial charge on any atom is -0.386 e. The number of aryl methyl sites for hydroxylation is 1. The lowest BCUT2D eigenvalue weighted by atomic mass is 10.0. The Kier molecular flexibility index (Phi) is 3.47. The summed E-state index contributed by atoms with van der Waals surface area (Å²) < 4.78 is 1.62. The number of aliphatic hydroxyl groups is 1. The number of halogens is 1. The molecule has 0 radical (unpaired) electrons. The third kappa shape index (κ3) is 2.42. The van der Waals surface area contributed by atoms with Gasteiger partial charge in [0.1, 0.15) is 6.10 Å². The summed E-state index contributed by atoms with van der Waals surface area (Å²) in [6.45, 7) is 0. The summed E-state index contributed by atoms with van der Waals surface area (Å²) in [5.41, 5.74) is 1.73. The van der Waals surface area contributed by atoms with Crippen LogP contribution >= 0.6 is 11.6 Å². The Morgan fingerprint density at radius 3 is 2.65 bits per heavy atom. The van der Waals surface area contributed by atoms with Crippen LogP contribution in [0.5, 0.6) is 0 Å². The Hall–Kier alpha value is -1.84. The molecule has 1 heterocycles. The van der Waals surface area contributed by atoms with Gasteiger partial charge in [-0.2, -0.15) is 5.10 Å². The van der Waals surface area contributed by atoms with Crippen molar-refractivity contribution in [2.45, 2.75) is 12.5 Å². The lowest BCUT2D eigenvalue weighted by Gasteiger charge is -2.12. The number of hydrogen-bond acceptors (Lipinski definition) is 2. The van der Waals surface area contributed by atoms with Crippen LogP contribution in [0.25, 0.3) is 10.8 Å². The van der Waals surface area contributed by atoms with Crippen molar-refractivity contribution >= 4 is 22.4 Å². The molecule has 0 spiro atoms. The monoisotopic (exact) mass is 286 g/mol. The Labute approximate surface area is 122 Å². The van der Waals surface area contributed by atoms with E-state index in [1.54, 1.807) is 17.9 Å². The van der Waals surface area contributed by atoms with Crippen LogP contribution in [0.15, 0.2) is 48.7 Å². The third-order valence-electron chi connectivity index (χ3n) is 3.50. The van der Waals surface area contributed by atoms with Crippen LogP contribution in [0.4, 0.5) is 0 Å². The van der Waals surface area contributed by atoms with E-state index in [4.69, 9.17) is 11.6 Å². The average Bonchev–Trinajstić information content (AvgIpc) is 2.78. The smallest absolute Gasteiger partial charge is 0.101 e. The molecule has 102 valence electrons. The van der Waals surface area contributed by atoms with Gasteiger partial charge >= 0.3 is 0 Å². The van der Waals surface area contributed by atoms with Crippen LogP contribution in [-0.2, 0) is 13.5 Å². The first kappa shape index (κ1) is 13.2. The second-order valence-electron chi connectivity index (χ2n) is 4.90. The number of fused-ring (bicyclic) bond motifs is 1. The number of hydrogen-bond donors (Lipinski definition) is 1. The molecule has 1 atom stereocenters. The minimum atomic E-state index is -0.656. The van der Waals surface area contributed by atoms with Gasteiger partial charge in [-0.3, -0.25) is 4.68 Å². The highest BCUT2D eigenvalue weighted by Crippen LogP contribution is 2.26. The topological polar surface area (TPSA) is 38.0 Å². The van der Waals surface area contributed by atoms with E-state index < -0.39 is 6.10 Å². The second-order valence-corrected chi connectivity index (χ2v) is 5.31. The third-order valence-corrected chi connectivity index (χ3v) is 3.79. The van der Waals surface area contributed by atoms with Crippen LogP contribution in [-0.4, -0.2) is 14.9 Å². The summed E-state index contributed by atoms with van der Waals surface area (Å²) in [6, 6.07) is 14.4. The summed E-state index contributed by atoms with van der Waals surface area (Å²) in [5, 5.41) is 17.3. The summed E-state index contributed by atoms with van der Waals surface area (Å²) >= 11 is 6.06. The van der Waals surface area contributed by atoms with Crippen molar-refractivity contribution in [1.82, 2.24) is 9.78 Å². The molecule has 3 nitrogen and oxygen atoms in total. The van der Waals surface area contributed by atoms with Gasteiger partial charge in [-0.25, -0.2) is 0 Å². The minimum absolute atomic E-state index is 0.501. The summed E-state index contributed by atoms with van der Waals surface area (Å²) in [5.74, 6) is 0. The van der Waals surface area contributed by atoms with Crippen LogP contribution in [0, 0.1) is 0 Å². The maximum absolute atomic E-state index is 10.4. The molecule has 1 unspecified atom stereocenters. The lowest BCUT2D eigenvalue weighted by molar-refractivity contribution is 0.168. The van der Waals surface area contributed by atoms with Gasteiger partial charge in [0.25, 0.3) is 0 Å². The van der Waals surface area contributed by atoms with E-state index in [2.05, 4.69) is 29.4 Å². The molecule has 1 N–H and O–H groups in total. The van der Waals surface area contributed by atoms with Gasteiger partial charge in [-0.1, -0.05) is 54.1 Å². The first-order chi connectivity index (χ1) is 9.65. The van der Waals surface area contributed by atoms with Crippen LogP contribution in [0.3, 0.4) is 0 Å². The quantitative estimate of drug-likeness (QED) is 0.800. The molecule has 0 aliphatic carbocycles. The van der Waals surface area contributed by atoms with Gasteiger partial charge in [0, 0.05) is 13.5 Å². The number of benzene rings is 2. The molecule has 1 aromatic heterocycles. The number of aliphatic hydroxyl groups excluding tert-OH is 1. The van der Waals surface area contributed by atoms with Gasteiger partial charge in [0.05, 0.1) is 16.9 Å². The molecule has 20 heavy (non-hydrogen) atoms. The number of nitrogens with zero attached hydrogens (tertiary/aromatic N) is 2. The number of aromatic nitrogens is 2. The van der Waals surface area contributed by atoms with Crippen LogP contribution in [0.1, 0.15) is 17.4 Å². The van der Waals surface area contributed by atoms with E-state index >= 15 is 0 Å². The largest absolute Gasteiger partial charge is 0.386 e. The Balaban J connectivity index is 1.89. The molecular weight excluding hydrogens is 272 g/mol. The van der Waals surface area contributed by atoms with E-state index in [1.165, 1.54) is 10.8 Å². The van der Waals surface area contributed by atoms with Crippen LogP contribution in [0.2, 0.25) is 5.02 Å². The Bertz CT molecular complexity index is 732. The van der Waals surface area contributed by atoms with Crippen molar-refractivity contribution in [2.24, 2.45) is 7.05 Å². The second kappa shape index (κ2) is 5.27. The van der Waals surface area contributed by atoms with E-state index in [0.29, 0.717) is 17.1 Å². The van der Waals surface area contributed by atoms with Gasteiger partial charge in [-0.15, -0.1) is 0 Å². The SMILES string of the molecule is Cn1ncc(Cl)c1C(O)Cc1ccc2ccccc2c1. The van der Waals surface area contributed by atoms with E-state index in [0.717, 1.165) is 5.56 Å². The van der Waals surface area contributed by atoms with Crippen molar-refractivity contribution in [3.8, 4) is 0 Å². The molecule has 0 saturated carbocycles. The van der Waals surface area contributed by atoms with Crippen molar-refractivity contribution in [1.29, 1.82) is 0 Å². The highest BCUT2D eigenvalue weighted by Gasteiger charge is 2.17. The lowest BCUT2D eigenvalue weighted by Crippen LogP contribution is -2.08. The summed E-state index contributed by atoms with van der Waals surface area (Å²) in [4.78, 5) is 0. The van der Waals surface area contributed by atoms with Crippen LogP contribution < -0.4 is 0 Å². The van der Waals surface area contributed by atoms with E-state index in [1.807, 2.05) is 18.2 Å². The summed E-state index contributed by atoms with van der Waals surface area (Å²) in [6.07, 6.45) is 1.42. The first-order valence-corrected chi connectivity index (χ1v) is 6.86. The molecule has 3 aromatic rings. The fourth-order valence-corrected chi connectivity index (χ4v) is 2.77. The first-order valence-electron chi connectivity index (χ1n) is 6.48. The fourth-order valence-electron chi connectivity index (χ4n) is 2.48. The molecule has 0 bridgehead atoms. The Morgan fingerprint density at radius 1 is 1.20 bits per heavy atom. The van der Waals surface area contributed by atoms with Crippen molar-refractivity contribution in [3.63, 3.8) is 0 Å². The summed E-state index contributed by atoms with van der Waals surface area (Å²) in [7, 11) is 1.78. The molecule has 0 fully saturated rings. The molecule has 3 rings (SSSR count). The zero-order valence-electron chi connectivity index (χ0n) is 11.1. The van der Waals surface area contributed by atoms with Crippen molar-refractivity contribution < 1.29 is 5.11 Å². The molecule has 0 saturated heterocycles. The van der Waals surface area contributed by atoms with Crippen molar-refractivity contribution in [2.75, 3.05) is 0 Å². The van der Waals surface area contributed by atoms with Gasteiger partial charge in [-0.05, 0) is 16.3 Å². The fraction of sp³-hybridized carbons (Fsp3) is 0.188. The zero-order chi connectivity index (χ0) is 14.1. The molecule has 0 aliphatic rings. The predicted octanol–water partition coefficient (Wildman–Crippen LogP) is 3.50. The Morgan fingerprint density at radius 2 is 1.95 bits per heavy atom. The van der Waals surface area contributed by atoms with Gasteiger partial charge in [0.15, 0.2) is 0 Å². The maximum atomic E-state index is 10.4. The number of rotatable bonds is 3. The molecule has 4 heteroatoms. The normalized spacial score (nSPS) is 12.8. The van der Waals surface area contributed by atoms with Crippen molar-refractivity contribution in [3.05, 3.63) is 64.9 Å². The molecule has 0 aliphatic heterocycles. The highest BCUT2D eigenvalue weighted by atomic mass is 35.5. The molecule has 2 aromatic carbocycles. The predicted molar refractivity (Wildman–Crippen MR) is 80.8 cm³/mol. The average molecular weight is 287 g/mol.